The second kappa shape index (κ2) is 7.83. The first-order valence-electron chi connectivity index (χ1n) is 7.70. The zero-order valence-corrected chi connectivity index (χ0v) is 14.2. The third-order valence-electron chi connectivity index (χ3n) is 3.86. The van der Waals surface area contributed by atoms with E-state index in [1.54, 1.807) is 29.4 Å². The summed E-state index contributed by atoms with van der Waals surface area (Å²) in [6.45, 7) is 0.496. The number of hydrogen-bond donors (Lipinski definition) is 1. The molecule has 0 unspecified atom stereocenters. The van der Waals surface area contributed by atoms with Crippen molar-refractivity contribution >= 4 is 28.3 Å². The molecule has 118 valence electrons. The molecule has 4 nitrogen and oxygen atoms in total. The fraction of sp³-hybridized carbons (Fsp3) is 0.500. The van der Waals surface area contributed by atoms with Gasteiger partial charge in [-0.1, -0.05) is 31.0 Å². The molecule has 0 radical (unpaired) electrons. The molecule has 3 rings (SSSR count). The second-order valence-corrected chi connectivity index (χ2v) is 7.42. The van der Waals surface area contributed by atoms with Crippen molar-refractivity contribution in [2.45, 2.75) is 50.3 Å². The average Bonchev–Trinajstić information content (AvgIpc) is 3.23. The number of nitrogens with two attached hydrogens (primary N) is 1. The van der Waals surface area contributed by atoms with E-state index in [2.05, 4.69) is 10.4 Å². The molecular weight excluding hydrogens is 314 g/mol. The van der Waals surface area contributed by atoms with Crippen LogP contribution in [-0.4, -0.2) is 10.2 Å². The van der Waals surface area contributed by atoms with Crippen molar-refractivity contribution in [2.24, 2.45) is 10.7 Å². The quantitative estimate of drug-likeness (QED) is 0.644. The average molecular weight is 335 g/mol. The Labute approximate surface area is 139 Å². The fourth-order valence-electron chi connectivity index (χ4n) is 2.68. The molecule has 0 atom stereocenters. The van der Waals surface area contributed by atoms with Gasteiger partial charge in [0.25, 0.3) is 0 Å². The lowest BCUT2D eigenvalue weighted by atomic mass is 9.90. The molecule has 2 aromatic rings. The van der Waals surface area contributed by atoms with E-state index in [4.69, 9.17) is 15.1 Å². The minimum absolute atomic E-state index is 0.496. The third kappa shape index (κ3) is 4.36. The minimum atomic E-state index is 0.496. The smallest absolute Gasteiger partial charge is 0.154 e. The number of thioether (sulfide) groups is 1. The highest BCUT2D eigenvalue weighted by atomic mass is 32.2. The molecule has 6 heteroatoms. The Bertz CT molecular complexity index is 601. The van der Waals surface area contributed by atoms with Crippen LogP contribution in [0.1, 0.15) is 54.5 Å². The van der Waals surface area contributed by atoms with Crippen molar-refractivity contribution in [3.05, 3.63) is 40.2 Å². The number of aromatic nitrogens is 1. The van der Waals surface area contributed by atoms with Crippen LogP contribution in [0.15, 0.2) is 33.2 Å². The fourth-order valence-corrected chi connectivity index (χ4v) is 4.37. The summed E-state index contributed by atoms with van der Waals surface area (Å²) in [5.41, 5.74) is 7.05. The van der Waals surface area contributed by atoms with E-state index in [1.807, 2.05) is 12.1 Å². The van der Waals surface area contributed by atoms with E-state index in [-0.39, 0.29) is 0 Å². The van der Waals surface area contributed by atoms with Crippen molar-refractivity contribution in [1.82, 2.24) is 4.98 Å². The molecule has 1 aliphatic carbocycles. The Morgan fingerprint density at radius 1 is 1.41 bits per heavy atom. The first-order valence-corrected chi connectivity index (χ1v) is 9.57. The Hall–Kier alpha value is -1.27. The van der Waals surface area contributed by atoms with E-state index in [9.17, 15) is 0 Å². The van der Waals surface area contributed by atoms with E-state index >= 15 is 0 Å². The van der Waals surface area contributed by atoms with Gasteiger partial charge in [0, 0.05) is 17.1 Å². The number of thiazole rings is 1. The topological polar surface area (TPSA) is 64.4 Å². The summed E-state index contributed by atoms with van der Waals surface area (Å²) >= 11 is 3.34. The minimum Gasteiger partial charge on any atom is -0.467 e. The van der Waals surface area contributed by atoms with Gasteiger partial charge in [0.2, 0.25) is 0 Å². The van der Waals surface area contributed by atoms with E-state index in [0.717, 1.165) is 17.2 Å². The zero-order chi connectivity index (χ0) is 15.2. The molecule has 0 aliphatic heterocycles. The number of rotatable bonds is 5. The van der Waals surface area contributed by atoms with E-state index in [0.29, 0.717) is 17.6 Å². The van der Waals surface area contributed by atoms with Gasteiger partial charge in [-0.05, 0) is 25.0 Å². The predicted octanol–water partition coefficient (Wildman–Crippen LogP) is 4.53. The van der Waals surface area contributed by atoms with E-state index < -0.39 is 0 Å². The van der Waals surface area contributed by atoms with Crippen LogP contribution in [0.25, 0.3) is 0 Å². The van der Waals surface area contributed by atoms with Crippen LogP contribution >= 0.6 is 23.1 Å². The molecule has 0 saturated heterocycles. The Kier molecular flexibility index (Phi) is 5.56. The molecule has 2 aromatic heterocycles. The van der Waals surface area contributed by atoms with Crippen molar-refractivity contribution < 1.29 is 4.42 Å². The van der Waals surface area contributed by atoms with Gasteiger partial charge in [-0.15, -0.1) is 11.3 Å². The second-order valence-electron chi connectivity index (χ2n) is 5.53. The molecular formula is C16H21N3OS2. The van der Waals surface area contributed by atoms with Crippen LogP contribution < -0.4 is 5.73 Å². The third-order valence-corrected chi connectivity index (χ3v) is 5.78. The summed E-state index contributed by atoms with van der Waals surface area (Å²) in [5, 5.41) is 4.06. The lowest BCUT2D eigenvalue weighted by Crippen LogP contribution is -2.07. The maximum Gasteiger partial charge on any atom is 0.154 e. The van der Waals surface area contributed by atoms with Crippen molar-refractivity contribution in [3.63, 3.8) is 0 Å². The SMILES string of the molecule is NC(=NCc1ccco1)SCc1csc(C2CCCCC2)n1. The van der Waals surface area contributed by atoms with Gasteiger partial charge in [0.05, 0.1) is 23.5 Å². The van der Waals surface area contributed by atoms with Gasteiger partial charge < -0.3 is 10.2 Å². The summed E-state index contributed by atoms with van der Waals surface area (Å²) in [4.78, 5) is 9.10. The monoisotopic (exact) mass is 335 g/mol. The van der Waals surface area contributed by atoms with Crippen LogP contribution in [0.3, 0.4) is 0 Å². The molecule has 0 spiro atoms. The molecule has 1 fully saturated rings. The molecule has 22 heavy (non-hydrogen) atoms. The van der Waals surface area contributed by atoms with Crippen molar-refractivity contribution in [2.75, 3.05) is 0 Å². The largest absolute Gasteiger partial charge is 0.467 e. The van der Waals surface area contributed by atoms with Crippen LogP contribution in [0.2, 0.25) is 0 Å². The number of amidine groups is 1. The number of nitrogens with zero attached hydrogens (tertiary/aromatic N) is 2. The van der Waals surface area contributed by atoms with Gasteiger partial charge in [-0.2, -0.15) is 0 Å². The normalized spacial score (nSPS) is 17.0. The summed E-state index contributed by atoms with van der Waals surface area (Å²) < 4.78 is 5.23. The maximum atomic E-state index is 5.93. The molecule has 1 aliphatic rings. The summed E-state index contributed by atoms with van der Waals surface area (Å²) in [6.07, 6.45) is 8.32. The molecule has 0 bridgehead atoms. The summed E-state index contributed by atoms with van der Waals surface area (Å²) in [5.74, 6) is 2.30. The van der Waals surface area contributed by atoms with Crippen molar-refractivity contribution in [1.29, 1.82) is 0 Å². The first-order chi connectivity index (χ1) is 10.8. The highest BCUT2D eigenvalue weighted by Crippen LogP contribution is 2.34. The van der Waals surface area contributed by atoms with Crippen LogP contribution in [0.5, 0.6) is 0 Å². The standard InChI is InChI=1S/C16H21N3OS2/c17-16(18-9-14-7-4-8-20-14)22-11-13-10-21-15(19-13)12-5-2-1-3-6-12/h4,7-8,10,12H,1-3,5-6,9,11H2,(H2,17,18). The molecule has 0 aromatic carbocycles. The van der Waals surface area contributed by atoms with Crippen LogP contribution in [-0.2, 0) is 12.3 Å². The van der Waals surface area contributed by atoms with Gasteiger partial charge in [-0.3, -0.25) is 4.99 Å². The van der Waals surface area contributed by atoms with Gasteiger partial charge >= 0.3 is 0 Å². The van der Waals surface area contributed by atoms with Crippen molar-refractivity contribution in [3.8, 4) is 0 Å². The highest BCUT2D eigenvalue weighted by molar-refractivity contribution is 8.13. The van der Waals surface area contributed by atoms with Gasteiger partial charge in [-0.25, -0.2) is 4.98 Å². The Morgan fingerprint density at radius 3 is 3.05 bits per heavy atom. The molecule has 1 saturated carbocycles. The Morgan fingerprint density at radius 2 is 2.27 bits per heavy atom. The Balaban J connectivity index is 1.48. The predicted molar refractivity (Wildman–Crippen MR) is 93.3 cm³/mol. The lowest BCUT2D eigenvalue weighted by molar-refractivity contribution is 0.442. The summed E-state index contributed by atoms with van der Waals surface area (Å²) in [7, 11) is 0. The highest BCUT2D eigenvalue weighted by Gasteiger charge is 2.18. The zero-order valence-electron chi connectivity index (χ0n) is 12.5. The molecule has 0 amide bonds. The molecule has 2 heterocycles. The summed E-state index contributed by atoms with van der Waals surface area (Å²) in [6, 6.07) is 3.76. The molecule has 2 N–H and O–H groups in total. The first kappa shape index (κ1) is 15.6. The number of furan rings is 1. The van der Waals surface area contributed by atoms with E-state index in [1.165, 1.54) is 37.1 Å². The van der Waals surface area contributed by atoms with Gasteiger partial charge in [0.15, 0.2) is 5.17 Å². The lowest BCUT2D eigenvalue weighted by Gasteiger charge is -2.18. The number of hydrogen-bond acceptors (Lipinski definition) is 5. The maximum absolute atomic E-state index is 5.93. The number of aliphatic imine (C=N–C) groups is 1. The van der Waals surface area contributed by atoms with Crippen LogP contribution in [0.4, 0.5) is 0 Å². The van der Waals surface area contributed by atoms with Crippen LogP contribution in [0, 0.1) is 0 Å². The van der Waals surface area contributed by atoms with Gasteiger partial charge in [0.1, 0.15) is 5.76 Å².